The number of rotatable bonds is 4. The molecule has 0 saturated carbocycles. The van der Waals surface area contributed by atoms with Crippen LogP contribution in [0.15, 0.2) is 36.9 Å². The second kappa shape index (κ2) is 5.15. The number of hydrogen-bond donors (Lipinski definition) is 0. The highest BCUT2D eigenvalue weighted by Crippen LogP contribution is 2.23. The van der Waals surface area contributed by atoms with Crippen molar-refractivity contribution in [3.05, 3.63) is 42.5 Å². The molecular weight excluding hydrogens is 252 g/mol. The summed E-state index contributed by atoms with van der Waals surface area (Å²) in [5.41, 5.74) is 1.25. The molecule has 106 valence electrons. The summed E-state index contributed by atoms with van der Waals surface area (Å²) in [6.45, 7) is 3.68. The van der Waals surface area contributed by atoms with Crippen molar-refractivity contribution in [3.63, 3.8) is 0 Å². The molecule has 1 aliphatic heterocycles. The molecule has 1 aliphatic rings. The number of aromatic nitrogens is 3. The molecule has 2 aromatic heterocycles. The zero-order chi connectivity index (χ0) is 14.1. The van der Waals surface area contributed by atoms with E-state index in [0.29, 0.717) is 5.92 Å². The Balaban J connectivity index is 1.51. The molecule has 3 heterocycles. The van der Waals surface area contributed by atoms with Crippen LogP contribution < -0.4 is 0 Å². The molecule has 0 radical (unpaired) electrons. The largest absolute Gasteiger partial charge is 0.342 e. The quantitative estimate of drug-likeness (QED) is 0.846. The zero-order valence-electron chi connectivity index (χ0n) is 11.9. The summed E-state index contributed by atoms with van der Waals surface area (Å²) in [6, 6.07) is 3.79. The highest BCUT2D eigenvalue weighted by molar-refractivity contribution is 5.80. The lowest BCUT2D eigenvalue weighted by Crippen LogP contribution is -2.52. The van der Waals surface area contributed by atoms with E-state index in [1.54, 1.807) is 0 Å². The fraction of sp³-hybridized carbons (Fsp3) is 0.467. The van der Waals surface area contributed by atoms with Crippen LogP contribution in [-0.2, 0) is 18.3 Å². The van der Waals surface area contributed by atoms with Crippen LogP contribution in [0.5, 0.6) is 0 Å². The number of hydrogen-bond acceptors (Lipinski definition) is 2. The van der Waals surface area contributed by atoms with Gasteiger partial charge in [-0.1, -0.05) is 0 Å². The molecule has 1 fully saturated rings. The van der Waals surface area contributed by atoms with Crippen LogP contribution in [0.25, 0.3) is 0 Å². The first-order chi connectivity index (χ1) is 9.63. The minimum absolute atomic E-state index is 0.107. The molecule has 5 nitrogen and oxygen atoms in total. The number of nitrogens with zero attached hydrogens (tertiary/aromatic N) is 4. The van der Waals surface area contributed by atoms with E-state index in [4.69, 9.17) is 0 Å². The minimum atomic E-state index is -0.107. The summed E-state index contributed by atoms with van der Waals surface area (Å²) in [5, 5.41) is 4.18. The first-order valence-electron chi connectivity index (χ1n) is 7.02. The van der Waals surface area contributed by atoms with E-state index in [2.05, 4.69) is 5.10 Å². The van der Waals surface area contributed by atoms with Gasteiger partial charge in [0.15, 0.2) is 0 Å². The molecule has 0 N–H and O–H groups in total. The predicted molar refractivity (Wildman–Crippen MR) is 76.1 cm³/mol. The maximum atomic E-state index is 12.3. The van der Waals surface area contributed by atoms with E-state index < -0.39 is 0 Å². The lowest BCUT2D eigenvalue weighted by atomic mass is 9.93. The van der Waals surface area contributed by atoms with Gasteiger partial charge in [-0.05, 0) is 37.0 Å². The molecule has 0 aliphatic carbocycles. The highest BCUT2D eigenvalue weighted by Gasteiger charge is 2.33. The van der Waals surface area contributed by atoms with Crippen molar-refractivity contribution in [2.45, 2.75) is 19.4 Å². The number of amides is 1. The van der Waals surface area contributed by atoms with E-state index in [1.165, 1.54) is 5.56 Å². The summed E-state index contributed by atoms with van der Waals surface area (Å²) in [7, 11) is 1.93. The molecule has 0 spiro atoms. The summed E-state index contributed by atoms with van der Waals surface area (Å²) < 4.78 is 3.78. The summed E-state index contributed by atoms with van der Waals surface area (Å²) in [4.78, 5) is 14.3. The molecule has 2 aromatic rings. The van der Waals surface area contributed by atoms with Crippen molar-refractivity contribution in [2.75, 3.05) is 13.1 Å². The Hall–Kier alpha value is -2.04. The van der Waals surface area contributed by atoms with Crippen LogP contribution in [0.4, 0.5) is 0 Å². The highest BCUT2D eigenvalue weighted by atomic mass is 16.2. The van der Waals surface area contributed by atoms with Crippen molar-refractivity contribution in [1.82, 2.24) is 19.2 Å². The number of aryl methyl sites for hydroxylation is 1. The second-order valence-electron chi connectivity index (χ2n) is 5.64. The molecular formula is C15H20N4O. The first-order valence-corrected chi connectivity index (χ1v) is 7.02. The van der Waals surface area contributed by atoms with Gasteiger partial charge in [-0.3, -0.25) is 9.48 Å². The fourth-order valence-electron chi connectivity index (χ4n) is 2.79. The predicted octanol–water partition coefficient (Wildman–Crippen LogP) is 1.48. The average molecular weight is 272 g/mol. The first kappa shape index (κ1) is 13.0. The molecule has 0 bridgehead atoms. The van der Waals surface area contributed by atoms with Gasteiger partial charge in [-0.2, -0.15) is 5.10 Å². The topological polar surface area (TPSA) is 43.1 Å². The van der Waals surface area contributed by atoms with Crippen molar-refractivity contribution in [1.29, 1.82) is 0 Å². The van der Waals surface area contributed by atoms with Crippen LogP contribution in [-0.4, -0.2) is 38.2 Å². The fourth-order valence-corrected chi connectivity index (χ4v) is 2.79. The SMILES string of the molecule is CC(C(=O)N1CC(Cc2cnn(C)c2)C1)n1cccc1. The summed E-state index contributed by atoms with van der Waals surface area (Å²) >= 11 is 0. The Labute approximate surface area is 118 Å². The standard InChI is InChI=1S/C15H20N4O/c1-12(18-5-3-4-6-18)15(20)19-10-14(11-19)7-13-8-16-17(2)9-13/h3-6,8-9,12,14H,7,10-11H2,1-2H3. The van der Waals surface area contributed by atoms with Crippen LogP contribution in [0, 0.1) is 5.92 Å². The smallest absolute Gasteiger partial charge is 0.245 e. The van der Waals surface area contributed by atoms with Crippen LogP contribution in [0.2, 0.25) is 0 Å². The molecule has 1 unspecified atom stereocenters. The van der Waals surface area contributed by atoms with Gasteiger partial charge in [0, 0.05) is 38.7 Å². The van der Waals surface area contributed by atoms with Gasteiger partial charge >= 0.3 is 0 Å². The van der Waals surface area contributed by atoms with Gasteiger partial charge in [0.2, 0.25) is 5.91 Å². The number of likely N-dealkylation sites (tertiary alicyclic amines) is 1. The normalized spacial score (nSPS) is 17.0. The van der Waals surface area contributed by atoms with E-state index >= 15 is 0 Å². The minimum Gasteiger partial charge on any atom is -0.342 e. The third-order valence-corrected chi connectivity index (χ3v) is 3.98. The van der Waals surface area contributed by atoms with Crippen molar-refractivity contribution in [2.24, 2.45) is 13.0 Å². The van der Waals surface area contributed by atoms with Crippen LogP contribution in [0.1, 0.15) is 18.5 Å². The maximum Gasteiger partial charge on any atom is 0.245 e. The second-order valence-corrected chi connectivity index (χ2v) is 5.64. The Bertz CT molecular complexity index is 581. The molecule has 1 atom stereocenters. The average Bonchev–Trinajstić information content (AvgIpc) is 3.03. The molecule has 3 rings (SSSR count). The number of carbonyl (C=O) groups is 1. The third-order valence-electron chi connectivity index (χ3n) is 3.98. The molecule has 20 heavy (non-hydrogen) atoms. The molecule has 1 saturated heterocycles. The van der Waals surface area contributed by atoms with Gasteiger partial charge in [-0.25, -0.2) is 0 Å². The Morgan fingerprint density at radius 2 is 2.10 bits per heavy atom. The van der Waals surface area contributed by atoms with Crippen molar-refractivity contribution in [3.8, 4) is 0 Å². The lowest BCUT2D eigenvalue weighted by molar-refractivity contribution is -0.140. The van der Waals surface area contributed by atoms with Gasteiger partial charge < -0.3 is 9.47 Å². The van der Waals surface area contributed by atoms with Crippen LogP contribution >= 0.6 is 0 Å². The summed E-state index contributed by atoms with van der Waals surface area (Å²) in [6.07, 6.45) is 8.85. The Morgan fingerprint density at radius 3 is 2.70 bits per heavy atom. The van der Waals surface area contributed by atoms with Gasteiger partial charge in [-0.15, -0.1) is 0 Å². The van der Waals surface area contributed by atoms with Gasteiger partial charge in [0.05, 0.1) is 6.20 Å². The molecule has 0 aromatic carbocycles. The Morgan fingerprint density at radius 1 is 1.40 bits per heavy atom. The van der Waals surface area contributed by atoms with Crippen LogP contribution in [0.3, 0.4) is 0 Å². The molecule has 5 heteroatoms. The monoisotopic (exact) mass is 272 g/mol. The Kier molecular flexibility index (Phi) is 3.34. The van der Waals surface area contributed by atoms with E-state index in [9.17, 15) is 4.79 Å². The van der Waals surface area contributed by atoms with E-state index in [0.717, 1.165) is 19.5 Å². The van der Waals surface area contributed by atoms with Crippen molar-refractivity contribution >= 4 is 5.91 Å². The number of carbonyl (C=O) groups excluding carboxylic acids is 1. The van der Waals surface area contributed by atoms with E-state index in [1.807, 2.05) is 65.0 Å². The molecule has 1 amide bonds. The van der Waals surface area contributed by atoms with Gasteiger partial charge in [0.25, 0.3) is 0 Å². The lowest BCUT2D eigenvalue weighted by Gasteiger charge is -2.40. The maximum absolute atomic E-state index is 12.3. The summed E-state index contributed by atoms with van der Waals surface area (Å²) in [5.74, 6) is 0.781. The van der Waals surface area contributed by atoms with Crippen molar-refractivity contribution < 1.29 is 4.79 Å². The van der Waals surface area contributed by atoms with Gasteiger partial charge in [0.1, 0.15) is 6.04 Å². The zero-order valence-corrected chi connectivity index (χ0v) is 11.9. The third kappa shape index (κ3) is 2.48. The van der Waals surface area contributed by atoms with E-state index in [-0.39, 0.29) is 11.9 Å².